The summed E-state index contributed by atoms with van der Waals surface area (Å²) in [4.78, 5) is 10.2. The second-order valence-electron chi connectivity index (χ2n) is 4.85. The van der Waals surface area contributed by atoms with Gasteiger partial charge in [-0.1, -0.05) is 41.9 Å². The number of H-pyrrole nitrogens is 1. The number of halogens is 4. The van der Waals surface area contributed by atoms with Crippen LogP contribution in [0.3, 0.4) is 0 Å². The van der Waals surface area contributed by atoms with E-state index in [-0.39, 0.29) is 28.6 Å². The van der Waals surface area contributed by atoms with Gasteiger partial charge in [0.05, 0.1) is 6.61 Å². The van der Waals surface area contributed by atoms with Crippen molar-refractivity contribution in [3.63, 3.8) is 0 Å². The number of aromatic nitrogens is 3. The molecule has 0 radical (unpaired) electrons. The van der Waals surface area contributed by atoms with Gasteiger partial charge in [-0.25, -0.2) is 9.97 Å². The molecule has 120 valence electrons. The van der Waals surface area contributed by atoms with E-state index < -0.39 is 11.7 Å². The predicted molar refractivity (Wildman–Crippen MR) is 78.8 cm³/mol. The van der Waals surface area contributed by atoms with Crippen LogP contribution in [0.1, 0.15) is 17.0 Å². The second-order valence-corrected chi connectivity index (χ2v) is 5.20. The number of nitrogens with zero attached hydrogens (tertiary/aromatic N) is 2. The summed E-state index contributed by atoms with van der Waals surface area (Å²) in [5.41, 5.74) is -0.169. The molecule has 0 bridgehead atoms. The monoisotopic (exact) mass is 341 g/mol. The van der Waals surface area contributed by atoms with Gasteiger partial charge in [-0.3, -0.25) is 0 Å². The third-order valence-corrected chi connectivity index (χ3v) is 3.46. The van der Waals surface area contributed by atoms with Crippen molar-refractivity contribution in [1.29, 1.82) is 0 Å². The van der Waals surface area contributed by atoms with Crippen molar-refractivity contribution in [1.82, 2.24) is 15.0 Å². The van der Waals surface area contributed by atoms with Crippen molar-refractivity contribution >= 4 is 22.6 Å². The number of alkyl halides is 3. The molecular formula is C15H11ClF3N3O. The summed E-state index contributed by atoms with van der Waals surface area (Å²) in [6.07, 6.45) is -3.87. The van der Waals surface area contributed by atoms with Crippen LogP contribution < -0.4 is 0 Å². The molecule has 8 heteroatoms. The molecule has 0 saturated carbocycles. The first-order chi connectivity index (χ1) is 10.9. The number of nitrogens with one attached hydrogen (secondary N) is 1. The zero-order valence-corrected chi connectivity index (χ0v) is 12.4. The number of pyridine rings is 1. The molecule has 2 aromatic heterocycles. The van der Waals surface area contributed by atoms with E-state index in [9.17, 15) is 13.2 Å². The van der Waals surface area contributed by atoms with E-state index in [0.717, 1.165) is 5.56 Å². The van der Waals surface area contributed by atoms with Gasteiger partial charge in [0.25, 0.3) is 0 Å². The molecule has 4 nitrogen and oxygen atoms in total. The summed E-state index contributed by atoms with van der Waals surface area (Å²) in [6.45, 7) is 0.368. The van der Waals surface area contributed by atoms with Gasteiger partial charge in [-0.05, 0) is 5.56 Å². The first kappa shape index (κ1) is 15.8. The highest BCUT2D eigenvalue weighted by Crippen LogP contribution is 2.35. The standard InChI is InChI=1S/C15H11ClF3N3O/c16-14-13-12(10(6-20-14)15(17,18)19)21-11(22-13)8-23-7-9-4-2-1-3-5-9/h1-6H,7-8H2,(H,21,22). The van der Waals surface area contributed by atoms with Gasteiger partial charge in [0.1, 0.15) is 29.0 Å². The molecule has 23 heavy (non-hydrogen) atoms. The summed E-state index contributed by atoms with van der Waals surface area (Å²) >= 11 is 5.83. The van der Waals surface area contributed by atoms with Gasteiger partial charge in [0, 0.05) is 6.20 Å². The van der Waals surface area contributed by atoms with Gasteiger partial charge in [-0.2, -0.15) is 13.2 Å². The molecule has 0 amide bonds. The van der Waals surface area contributed by atoms with Crippen molar-refractivity contribution in [3.8, 4) is 0 Å². The predicted octanol–water partition coefficient (Wildman–Crippen LogP) is 4.35. The molecule has 0 fully saturated rings. The van der Waals surface area contributed by atoms with Crippen LogP contribution in [0, 0.1) is 0 Å². The molecule has 0 aliphatic heterocycles. The quantitative estimate of drug-likeness (QED) is 0.718. The normalized spacial score (nSPS) is 12.0. The highest BCUT2D eigenvalue weighted by Gasteiger charge is 2.35. The maximum Gasteiger partial charge on any atom is 0.420 e. The molecule has 3 aromatic rings. The van der Waals surface area contributed by atoms with E-state index >= 15 is 0 Å². The molecule has 0 spiro atoms. The van der Waals surface area contributed by atoms with Crippen molar-refractivity contribution in [2.75, 3.05) is 0 Å². The number of hydrogen-bond donors (Lipinski definition) is 1. The Balaban J connectivity index is 1.81. The van der Waals surface area contributed by atoms with Gasteiger partial charge < -0.3 is 9.72 Å². The number of aromatic amines is 1. The first-order valence-electron chi connectivity index (χ1n) is 6.67. The van der Waals surface area contributed by atoms with E-state index in [2.05, 4.69) is 15.0 Å². The van der Waals surface area contributed by atoms with Crippen LogP contribution in [0.15, 0.2) is 36.5 Å². The lowest BCUT2D eigenvalue weighted by Crippen LogP contribution is -2.06. The van der Waals surface area contributed by atoms with Crippen molar-refractivity contribution in [2.45, 2.75) is 19.4 Å². The zero-order chi connectivity index (χ0) is 16.4. The summed E-state index contributed by atoms with van der Waals surface area (Å²) < 4.78 is 44.4. The van der Waals surface area contributed by atoms with Crippen LogP contribution in [0.25, 0.3) is 11.0 Å². The zero-order valence-electron chi connectivity index (χ0n) is 11.7. The van der Waals surface area contributed by atoms with E-state index in [1.54, 1.807) is 0 Å². The van der Waals surface area contributed by atoms with Gasteiger partial charge in [0.2, 0.25) is 0 Å². The number of hydrogen-bond acceptors (Lipinski definition) is 3. The van der Waals surface area contributed by atoms with Crippen LogP contribution in [-0.2, 0) is 24.1 Å². The van der Waals surface area contributed by atoms with Crippen LogP contribution in [0.2, 0.25) is 5.15 Å². The maximum absolute atomic E-state index is 13.0. The van der Waals surface area contributed by atoms with E-state index in [1.807, 2.05) is 30.3 Å². The molecular weight excluding hydrogens is 331 g/mol. The SMILES string of the molecule is FC(F)(F)c1cnc(Cl)c2[nH]c(COCc3ccccc3)nc12. The molecule has 2 heterocycles. The van der Waals surface area contributed by atoms with Gasteiger partial charge >= 0.3 is 6.18 Å². The number of ether oxygens (including phenoxy) is 1. The average Bonchev–Trinajstić information content (AvgIpc) is 2.92. The minimum atomic E-state index is -4.55. The molecule has 1 aromatic carbocycles. The Morgan fingerprint density at radius 1 is 1.13 bits per heavy atom. The smallest absolute Gasteiger partial charge is 0.369 e. The average molecular weight is 342 g/mol. The lowest BCUT2D eigenvalue weighted by atomic mass is 10.2. The molecule has 0 aliphatic carbocycles. The van der Waals surface area contributed by atoms with Crippen molar-refractivity contribution in [2.24, 2.45) is 0 Å². The number of rotatable bonds is 4. The molecule has 3 rings (SSSR count). The number of benzene rings is 1. The Labute approximate surface area is 134 Å². The highest BCUT2D eigenvalue weighted by molar-refractivity contribution is 6.33. The lowest BCUT2D eigenvalue weighted by molar-refractivity contribution is -0.136. The fourth-order valence-electron chi connectivity index (χ4n) is 2.13. The van der Waals surface area contributed by atoms with Crippen molar-refractivity contribution < 1.29 is 17.9 Å². The molecule has 0 unspecified atom stereocenters. The number of imidazole rings is 1. The van der Waals surface area contributed by atoms with Crippen LogP contribution in [0.4, 0.5) is 13.2 Å². The summed E-state index contributed by atoms with van der Waals surface area (Å²) in [7, 11) is 0. The van der Waals surface area contributed by atoms with Gasteiger partial charge in [-0.15, -0.1) is 0 Å². The fraction of sp³-hybridized carbons (Fsp3) is 0.200. The second kappa shape index (κ2) is 6.17. The number of fused-ring (bicyclic) bond motifs is 1. The fourth-order valence-corrected chi connectivity index (χ4v) is 2.31. The Hall–Kier alpha value is -2.12. The lowest BCUT2D eigenvalue weighted by Gasteiger charge is -2.06. The molecule has 0 aliphatic rings. The summed E-state index contributed by atoms with van der Waals surface area (Å²) in [6, 6.07) is 9.42. The largest absolute Gasteiger partial charge is 0.420 e. The minimum Gasteiger partial charge on any atom is -0.369 e. The van der Waals surface area contributed by atoms with Crippen LogP contribution in [0.5, 0.6) is 0 Å². The van der Waals surface area contributed by atoms with Crippen molar-refractivity contribution in [3.05, 3.63) is 58.6 Å². The van der Waals surface area contributed by atoms with E-state index in [1.165, 1.54) is 0 Å². The summed E-state index contributed by atoms with van der Waals surface area (Å²) in [5.74, 6) is 0.260. The third-order valence-electron chi connectivity index (χ3n) is 3.18. The highest BCUT2D eigenvalue weighted by atomic mass is 35.5. The molecule has 0 saturated heterocycles. The van der Waals surface area contributed by atoms with Gasteiger partial charge in [0.15, 0.2) is 5.15 Å². The van der Waals surface area contributed by atoms with Crippen LogP contribution >= 0.6 is 11.6 Å². The molecule has 1 N–H and O–H groups in total. The first-order valence-corrected chi connectivity index (χ1v) is 7.05. The van der Waals surface area contributed by atoms with Crippen LogP contribution in [-0.4, -0.2) is 15.0 Å². The Morgan fingerprint density at radius 3 is 2.57 bits per heavy atom. The van der Waals surface area contributed by atoms with E-state index in [4.69, 9.17) is 16.3 Å². The Kier molecular flexibility index (Phi) is 4.23. The topological polar surface area (TPSA) is 50.8 Å². The third kappa shape index (κ3) is 3.46. The molecule has 0 atom stereocenters. The van der Waals surface area contributed by atoms with E-state index in [0.29, 0.717) is 12.8 Å². The Bertz CT molecular complexity index is 818. The minimum absolute atomic E-state index is 0.0389. The summed E-state index contributed by atoms with van der Waals surface area (Å²) in [5, 5.41) is -0.0604. The maximum atomic E-state index is 13.0. The Morgan fingerprint density at radius 2 is 1.87 bits per heavy atom.